The Morgan fingerprint density at radius 1 is 0.938 bits per heavy atom. The molecule has 0 radical (unpaired) electrons. The van der Waals surface area contributed by atoms with Gasteiger partial charge in [-0.2, -0.15) is 0 Å². The summed E-state index contributed by atoms with van der Waals surface area (Å²) in [6, 6.07) is 20.3. The zero-order valence-corrected chi connectivity index (χ0v) is 18.4. The van der Waals surface area contributed by atoms with Crippen LogP contribution in [0.2, 0.25) is 0 Å². The number of rotatable bonds is 6. The van der Waals surface area contributed by atoms with E-state index in [1.54, 1.807) is 0 Å². The number of ether oxygens (including phenoxy) is 1. The lowest BCUT2D eigenvalue weighted by atomic mass is 9.98. The van der Waals surface area contributed by atoms with Crippen LogP contribution in [0, 0.1) is 0 Å². The van der Waals surface area contributed by atoms with Gasteiger partial charge in [-0.1, -0.05) is 48.5 Å². The summed E-state index contributed by atoms with van der Waals surface area (Å²) in [5.74, 6) is -1.60. The molecule has 0 saturated heterocycles. The maximum absolute atomic E-state index is 12.2. The van der Waals surface area contributed by atoms with E-state index in [1.165, 1.54) is 18.2 Å². The van der Waals surface area contributed by atoms with Crippen molar-refractivity contribution in [1.82, 2.24) is 5.32 Å². The van der Waals surface area contributed by atoms with Crippen LogP contribution in [0.25, 0.3) is 11.1 Å². The summed E-state index contributed by atoms with van der Waals surface area (Å²) >= 11 is 3.22. The Bertz CT molecular complexity index is 1160. The lowest BCUT2D eigenvalue weighted by Crippen LogP contribution is -2.34. The summed E-state index contributed by atoms with van der Waals surface area (Å²) < 4.78 is 5.82. The number of halogens is 1. The summed E-state index contributed by atoms with van der Waals surface area (Å²) in [6.07, 6.45) is -0.692. The van der Waals surface area contributed by atoms with Gasteiger partial charge in [0.15, 0.2) is 0 Å². The standard InChI is InChI=1S/C24H19BrN2O5/c25-20-11-14(23(29)30)9-10-21(20)27-22(28)12-26-24(31)32-13-19-17-7-3-1-5-15(17)16-6-2-4-8-18(16)19/h1-11,19H,12-13H2,(H,26,31)(H,27,28)(H,29,30). The van der Waals surface area contributed by atoms with Crippen LogP contribution in [0.4, 0.5) is 10.5 Å². The number of carboxylic acids is 1. The molecule has 162 valence electrons. The van der Waals surface area contributed by atoms with E-state index in [9.17, 15) is 14.4 Å². The molecule has 0 aromatic heterocycles. The molecule has 3 N–H and O–H groups in total. The highest BCUT2D eigenvalue weighted by molar-refractivity contribution is 9.10. The summed E-state index contributed by atoms with van der Waals surface area (Å²) in [7, 11) is 0. The van der Waals surface area contributed by atoms with Crippen LogP contribution in [-0.2, 0) is 9.53 Å². The second-order valence-electron chi connectivity index (χ2n) is 7.23. The minimum absolute atomic E-state index is 0.0642. The highest BCUT2D eigenvalue weighted by Gasteiger charge is 2.29. The molecule has 0 bridgehead atoms. The molecule has 3 aromatic rings. The highest BCUT2D eigenvalue weighted by Crippen LogP contribution is 2.44. The average Bonchev–Trinajstić information content (AvgIpc) is 3.11. The van der Waals surface area contributed by atoms with Crippen molar-refractivity contribution in [2.24, 2.45) is 0 Å². The number of carbonyl (C=O) groups excluding carboxylic acids is 2. The van der Waals surface area contributed by atoms with E-state index >= 15 is 0 Å². The number of hydrogen-bond donors (Lipinski definition) is 3. The second kappa shape index (κ2) is 9.23. The second-order valence-corrected chi connectivity index (χ2v) is 8.08. The Hall–Kier alpha value is -3.65. The van der Waals surface area contributed by atoms with Gasteiger partial charge in [-0.3, -0.25) is 4.79 Å². The first kappa shape index (κ1) is 21.6. The van der Waals surface area contributed by atoms with Crippen LogP contribution in [0.1, 0.15) is 27.4 Å². The van der Waals surface area contributed by atoms with Crippen molar-refractivity contribution in [2.45, 2.75) is 5.92 Å². The fourth-order valence-electron chi connectivity index (χ4n) is 3.75. The van der Waals surface area contributed by atoms with Crippen LogP contribution in [0.15, 0.2) is 71.2 Å². The van der Waals surface area contributed by atoms with Crippen molar-refractivity contribution >= 4 is 39.6 Å². The molecule has 2 amide bonds. The van der Waals surface area contributed by atoms with Gasteiger partial charge in [0.05, 0.1) is 11.3 Å². The predicted molar refractivity (Wildman–Crippen MR) is 123 cm³/mol. The van der Waals surface area contributed by atoms with Gasteiger partial charge in [0.1, 0.15) is 13.2 Å². The normalized spacial score (nSPS) is 11.9. The van der Waals surface area contributed by atoms with Crippen LogP contribution >= 0.6 is 15.9 Å². The van der Waals surface area contributed by atoms with Crippen LogP contribution < -0.4 is 10.6 Å². The monoisotopic (exact) mass is 494 g/mol. The van der Waals surface area contributed by atoms with Gasteiger partial charge in [0.25, 0.3) is 0 Å². The van der Waals surface area contributed by atoms with Crippen LogP contribution in [0.3, 0.4) is 0 Å². The zero-order chi connectivity index (χ0) is 22.7. The maximum Gasteiger partial charge on any atom is 0.407 e. The molecule has 0 atom stereocenters. The van der Waals surface area contributed by atoms with E-state index in [0.29, 0.717) is 10.2 Å². The number of alkyl carbamates (subject to hydrolysis) is 1. The topological polar surface area (TPSA) is 105 Å². The smallest absolute Gasteiger partial charge is 0.407 e. The summed E-state index contributed by atoms with van der Waals surface area (Å²) in [4.78, 5) is 35.3. The first-order valence-electron chi connectivity index (χ1n) is 9.85. The lowest BCUT2D eigenvalue weighted by Gasteiger charge is -2.14. The third-order valence-electron chi connectivity index (χ3n) is 5.23. The van der Waals surface area contributed by atoms with Gasteiger partial charge < -0.3 is 20.5 Å². The molecule has 32 heavy (non-hydrogen) atoms. The Morgan fingerprint density at radius 3 is 2.16 bits per heavy atom. The van der Waals surface area contributed by atoms with Crippen molar-refractivity contribution in [1.29, 1.82) is 0 Å². The van der Waals surface area contributed by atoms with Gasteiger partial charge in [-0.05, 0) is 56.4 Å². The molecule has 3 aromatic carbocycles. The number of nitrogens with one attached hydrogen (secondary N) is 2. The fourth-order valence-corrected chi connectivity index (χ4v) is 4.22. The Labute approximate surface area is 192 Å². The van der Waals surface area contributed by atoms with E-state index in [-0.39, 0.29) is 24.6 Å². The largest absolute Gasteiger partial charge is 0.478 e. The van der Waals surface area contributed by atoms with Crippen LogP contribution in [0.5, 0.6) is 0 Å². The third-order valence-corrected chi connectivity index (χ3v) is 5.88. The number of amides is 2. The van der Waals surface area contributed by atoms with Crippen molar-refractivity contribution in [3.8, 4) is 11.1 Å². The van der Waals surface area contributed by atoms with Crippen molar-refractivity contribution in [3.63, 3.8) is 0 Å². The molecule has 4 rings (SSSR count). The molecule has 1 aliphatic carbocycles. The van der Waals surface area contributed by atoms with Gasteiger partial charge >= 0.3 is 12.1 Å². The Kier molecular flexibility index (Phi) is 6.23. The number of carboxylic acid groups (broad SMARTS) is 1. The first-order chi connectivity index (χ1) is 15.4. The molecular weight excluding hydrogens is 476 g/mol. The van der Waals surface area contributed by atoms with Crippen molar-refractivity contribution < 1.29 is 24.2 Å². The SMILES string of the molecule is O=C(CNC(=O)OCC1c2ccccc2-c2ccccc21)Nc1ccc(C(=O)O)cc1Br. The van der Waals surface area contributed by atoms with Gasteiger partial charge in [0, 0.05) is 10.4 Å². The molecule has 0 spiro atoms. The maximum atomic E-state index is 12.2. The quantitative estimate of drug-likeness (QED) is 0.463. The summed E-state index contributed by atoms with van der Waals surface area (Å²) in [6.45, 7) is -0.131. The predicted octanol–water partition coefficient (Wildman–Crippen LogP) is 4.62. The lowest BCUT2D eigenvalue weighted by molar-refractivity contribution is -0.115. The van der Waals surface area contributed by atoms with Crippen LogP contribution in [-0.4, -0.2) is 36.2 Å². The number of carbonyl (C=O) groups is 3. The minimum atomic E-state index is -1.07. The number of benzene rings is 3. The van der Waals surface area contributed by atoms with E-state index in [0.717, 1.165) is 22.3 Å². The molecule has 1 aliphatic rings. The van der Waals surface area contributed by atoms with Gasteiger partial charge in [0.2, 0.25) is 5.91 Å². The number of fused-ring (bicyclic) bond motifs is 3. The molecule has 7 nitrogen and oxygen atoms in total. The van der Waals surface area contributed by atoms with Gasteiger partial charge in [-0.15, -0.1) is 0 Å². The fraction of sp³-hybridized carbons (Fsp3) is 0.125. The molecule has 0 saturated carbocycles. The number of hydrogen-bond acceptors (Lipinski definition) is 4. The molecular formula is C24H19BrN2O5. The first-order valence-corrected chi connectivity index (χ1v) is 10.6. The minimum Gasteiger partial charge on any atom is -0.478 e. The van der Waals surface area contributed by atoms with Gasteiger partial charge in [-0.25, -0.2) is 9.59 Å². The van der Waals surface area contributed by atoms with E-state index < -0.39 is 18.0 Å². The summed E-state index contributed by atoms with van der Waals surface area (Å²) in [5, 5.41) is 14.0. The zero-order valence-electron chi connectivity index (χ0n) is 16.8. The Morgan fingerprint density at radius 2 is 1.56 bits per heavy atom. The molecule has 0 unspecified atom stereocenters. The van der Waals surface area contributed by atoms with E-state index in [2.05, 4.69) is 38.7 Å². The molecule has 0 aliphatic heterocycles. The van der Waals surface area contributed by atoms with E-state index in [4.69, 9.17) is 9.84 Å². The third kappa shape index (κ3) is 4.50. The average molecular weight is 495 g/mol. The number of aromatic carboxylic acids is 1. The molecule has 0 heterocycles. The summed E-state index contributed by atoms with van der Waals surface area (Å²) in [5.41, 5.74) is 4.97. The highest BCUT2D eigenvalue weighted by atomic mass is 79.9. The Balaban J connectivity index is 1.31. The van der Waals surface area contributed by atoms with Crippen molar-refractivity contribution in [3.05, 3.63) is 87.9 Å². The van der Waals surface area contributed by atoms with E-state index in [1.807, 2.05) is 36.4 Å². The van der Waals surface area contributed by atoms with Crippen molar-refractivity contribution in [2.75, 3.05) is 18.5 Å². The number of anilines is 1. The molecule has 8 heteroatoms. The molecule has 0 fully saturated rings.